The maximum Gasteiger partial charge on any atom is 0.221 e. The average molecular weight is 324 g/mol. The van der Waals surface area contributed by atoms with Gasteiger partial charge in [-0.25, -0.2) is 8.42 Å². The first-order valence-electron chi connectivity index (χ1n) is 7.71. The summed E-state index contributed by atoms with van der Waals surface area (Å²) < 4.78 is 24.7. The summed E-state index contributed by atoms with van der Waals surface area (Å²) in [5.41, 5.74) is 2.38. The molecule has 1 unspecified atom stereocenters. The lowest BCUT2D eigenvalue weighted by Gasteiger charge is -2.11. The Morgan fingerprint density at radius 3 is 2.73 bits per heavy atom. The third-order valence-corrected chi connectivity index (χ3v) is 5.84. The van der Waals surface area contributed by atoms with Crippen molar-refractivity contribution in [1.82, 2.24) is 10.6 Å². The second-order valence-electron chi connectivity index (χ2n) is 5.85. The molecule has 0 heterocycles. The summed E-state index contributed by atoms with van der Waals surface area (Å²) in [6.07, 6.45) is 3.06. The summed E-state index contributed by atoms with van der Waals surface area (Å²) >= 11 is 0. The van der Waals surface area contributed by atoms with Crippen molar-refractivity contribution in [2.45, 2.75) is 43.5 Å². The number of fused-ring (bicyclic) bond motifs is 1. The summed E-state index contributed by atoms with van der Waals surface area (Å²) in [6, 6.07) is 5.51. The number of hydrogen-bond acceptors (Lipinski definition) is 4. The van der Waals surface area contributed by atoms with Gasteiger partial charge in [0.1, 0.15) is 0 Å². The molecule has 1 aromatic rings. The molecule has 1 aliphatic rings. The van der Waals surface area contributed by atoms with Crippen LogP contribution in [0.25, 0.3) is 0 Å². The molecule has 5 nitrogen and oxygen atoms in total. The van der Waals surface area contributed by atoms with Gasteiger partial charge in [0.15, 0.2) is 9.84 Å². The summed E-state index contributed by atoms with van der Waals surface area (Å²) in [6.45, 7) is 2.44. The lowest BCUT2D eigenvalue weighted by Crippen LogP contribution is -2.37. The van der Waals surface area contributed by atoms with Crippen molar-refractivity contribution in [3.63, 3.8) is 0 Å². The van der Waals surface area contributed by atoms with Crippen LogP contribution in [0.3, 0.4) is 0 Å². The van der Waals surface area contributed by atoms with E-state index in [-0.39, 0.29) is 24.1 Å². The Kier molecular flexibility index (Phi) is 5.58. The van der Waals surface area contributed by atoms with E-state index in [1.807, 2.05) is 20.0 Å². The Morgan fingerprint density at radius 1 is 1.27 bits per heavy atom. The van der Waals surface area contributed by atoms with Gasteiger partial charge >= 0.3 is 0 Å². The Bertz CT molecular complexity index is 641. The molecular formula is C16H24N2O3S. The monoisotopic (exact) mass is 324 g/mol. The number of amides is 1. The third-order valence-electron chi connectivity index (χ3n) is 4.13. The number of nitrogens with one attached hydrogen (secondary N) is 2. The van der Waals surface area contributed by atoms with E-state index in [4.69, 9.17) is 0 Å². The topological polar surface area (TPSA) is 75.3 Å². The van der Waals surface area contributed by atoms with E-state index in [9.17, 15) is 13.2 Å². The second-order valence-corrected chi connectivity index (χ2v) is 7.96. The van der Waals surface area contributed by atoms with Crippen LogP contribution < -0.4 is 10.6 Å². The van der Waals surface area contributed by atoms with Crippen molar-refractivity contribution in [3.8, 4) is 0 Å². The van der Waals surface area contributed by atoms with Crippen LogP contribution in [0.2, 0.25) is 0 Å². The number of aryl methyl sites for hydroxylation is 2. The van der Waals surface area contributed by atoms with Gasteiger partial charge in [-0.3, -0.25) is 4.79 Å². The molecule has 1 aliphatic carbocycles. The Balaban J connectivity index is 1.92. The molecule has 0 bridgehead atoms. The molecule has 122 valence electrons. The van der Waals surface area contributed by atoms with Crippen LogP contribution in [0.15, 0.2) is 23.1 Å². The SMILES string of the molecule is CNC(C)CNC(=O)CCS(=O)(=O)c1ccc2c(c1)CCC2. The molecule has 1 atom stereocenters. The van der Waals surface area contributed by atoms with Gasteiger partial charge in [-0.05, 0) is 56.5 Å². The van der Waals surface area contributed by atoms with Gasteiger partial charge in [-0.2, -0.15) is 0 Å². The lowest BCUT2D eigenvalue weighted by molar-refractivity contribution is -0.120. The summed E-state index contributed by atoms with van der Waals surface area (Å²) in [5.74, 6) is -0.377. The number of sulfone groups is 1. The van der Waals surface area contributed by atoms with Gasteiger partial charge in [0.05, 0.1) is 10.6 Å². The standard InChI is InChI=1S/C16H24N2O3S/c1-12(17-2)11-18-16(19)8-9-22(20,21)15-7-6-13-4-3-5-14(13)10-15/h6-7,10,12,17H,3-5,8-9,11H2,1-2H3,(H,18,19). The van der Waals surface area contributed by atoms with Crippen LogP contribution in [0, 0.1) is 0 Å². The molecular weight excluding hydrogens is 300 g/mol. The molecule has 0 aromatic heterocycles. The predicted molar refractivity (Wildman–Crippen MR) is 86.7 cm³/mol. The highest BCUT2D eigenvalue weighted by Crippen LogP contribution is 2.25. The Hall–Kier alpha value is -1.40. The maximum absolute atomic E-state index is 12.3. The van der Waals surface area contributed by atoms with E-state index >= 15 is 0 Å². The van der Waals surface area contributed by atoms with Crippen molar-refractivity contribution in [1.29, 1.82) is 0 Å². The minimum atomic E-state index is -3.40. The largest absolute Gasteiger partial charge is 0.355 e. The maximum atomic E-state index is 12.3. The Morgan fingerprint density at radius 2 is 2.00 bits per heavy atom. The van der Waals surface area contributed by atoms with Crippen LogP contribution in [0.4, 0.5) is 0 Å². The third kappa shape index (κ3) is 4.30. The van der Waals surface area contributed by atoms with Crippen molar-refractivity contribution >= 4 is 15.7 Å². The van der Waals surface area contributed by atoms with Gasteiger partial charge in [-0.15, -0.1) is 0 Å². The predicted octanol–water partition coefficient (Wildman–Crippen LogP) is 1.06. The number of carbonyl (C=O) groups excluding carboxylic acids is 1. The van der Waals surface area contributed by atoms with E-state index in [1.165, 1.54) is 5.56 Å². The summed E-state index contributed by atoms with van der Waals surface area (Å²) in [5, 5.41) is 5.74. The summed E-state index contributed by atoms with van der Waals surface area (Å²) in [4.78, 5) is 12.1. The van der Waals surface area contributed by atoms with E-state index in [0.717, 1.165) is 24.8 Å². The first kappa shape index (κ1) is 17.0. The highest BCUT2D eigenvalue weighted by atomic mass is 32.2. The average Bonchev–Trinajstić information content (AvgIpc) is 2.98. The number of rotatable bonds is 7. The molecule has 6 heteroatoms. The first-order valence-corrected chi connectivity index (χ1v) is 9.36. The van der Waals surface area contributed by atoms with Crippen molar-refractivity contribution in [3.05, 3.63) is 29.3 Å². The highest BCUT2D eigenvalue weighted by molar-refractivity contribution is 7.91. The van der Waals surface area contributed by atoms with E-state index < -0.39 is 9.84 Å². The summed E-state index contributed by atoms with van der Waals surface area (Å²) in [7, 11) is -1.58. The van der Waals surface area contributed by atoms with Crippen LogP contribution in [-0.2, 0) is 27.5 Å². The minimum absolute atomic E-state index is 0.00411. The quantitative estimate of drug-likeness (QED) is 0.786. The molecule has 0 spiro atoms. The molecule has 1 aromatic carbocycles. The van der Waals surface area contributed by atoms with Crippen molar-refractivity contribution in [2.75, 3.05) is 19.3 Å². The van der Waals surface area contributed by atoms with Gasteiger partial charge < -0.3 is 10.6 Å². The van der Waals surface area contributed by atoms with Gasteiger partial charge in [0, 0.05) is 19.0 Å². The molecule has 0 radical (unpaired) electrons. The number of benzene rings is 1. The fourth-order valence-electron chi connectivity index (χ4n) is 2.54. The van der Waals surface area contributed by atoms with Crippen LogP contribution in [0.5, 0.6) is 0 Å². The molecule has 0 saturated carbocycles. The van der Waals surface area contributed by atoms with E-state index in [2.05, 4.69) is 10.6 Å². The number of carbonyl (C=O) groups is 1. The zero-order chi connectivity index (χ0) is 16.2. The second kappa shape index (κ2) is 7.24. The Labute approximate surface area is 132 Å². The molecule has 0 fully saturated rings. The first-order chi connectivity index (χ1) is 10.4. The number of hydrogen-bond donors (Lipinski definition) is 2. The van der Waals surface area contributed by atoms with Gasteiger partial charge in [0.25, 0.3) is 0 Å². The van der Waals surface area contributed by atoms with Gasteiger partial charge in [0.2, 0.25) is 5.91 Å². The molecule has 2 N–H and O–H groups in total. The zero-order valence-corrected chi connectivity index (χ0v) is 14.0. The van der Waals surface area contributed by atoms with Crippen molar-refractivity contribution in [2.24, 2.45) is 0 Å². The fraction of sp³-hybridized carbons (Fsp3) is 0.562. The minimum Gasteiger partial charge on any atom is -0.355 e. The zero-order valence-electron chi connectivity index (χ0n) is 13.2. The highest BCUT2D eigenvalue weighted by Gasteiger charge is 2.19. The molecule has 2 rings (SSSR count). The fourth-order valence-corrected chi connectivity index (χ4v) is 3.83. The van der Waals surface area contributed by atoms with Crippen molar-refractivity contribution < 1.29 is 13.2 Å². The molecule has 0 saturated heterocycles. The molecule has 22 heavy (non-hydrogen) atoms. The molecule has 0 aliphatic heterocycles. The number of likely N-dealkylation sites (N-methyl/N-ethyl adjacent to an activating group) is 1. The smallest absolute Gasteiger partial charge is 0.221 e. The van der Waals surface area contributed by atoms with E-state index in [0.29, 0.717) is 11.4 Å². The molecule has 1 amide bonds. The van der Waals surface area contributed by atoms with E-state index in [1.54, 1.807) is 12.1 Å². The lowest BCUT2D eigenvalue weighted by atomic mass is 10.1. The normalized spacial score (nSPS) is 15.4. The van der Waals surface area contributed by atoms with Crippen LogP contribution in [0.1, 0.15) is 30.9 Å². The van der Waals surface area contributed by atoms with Crippen LogP contribution in [-0.4, -0.2) is 39.7 Å². The van der Waals surface area contributed by atoms with Crippen LogP contribution >= 0.6 is 0 Å². The van der Waals surface area contributed by atoms with Gasteiger partial charge in [-0.1, -0.05) is 6.07 Å².